The number of methoxy groups -OCH3 is 1. The lowest BCUT2D eigenvalue weighted by Crippen LogP contribution is -2.38. The van der Waals surface area contributed by atoms with Crippen molar-refractivity contribution in [3.8, 4) is 0 Å². The summed E-state index contributed by atoms with van der Waals surface area (Å²) in [4.78, 5) is 35.7. The fraction of sp³-hybridized carbons (Fsp3) is 0.500. The zero-order valence-electron chi connectivity index (χ0n) is 21.9. The standard InChI is InChI=1S/C24H32ClN7O3.C2H6/c1-35-18(33)12-11-15-10-9-14(16-7-2-3-8-17(15)16)6-4-5-13-29-24(28)32-23(34)19-21(26)31-22(27)20(25)30-19;1-2/h9-10H,2-8,11-13H2,1H3,(H4,26,27,31)(H3,28,29,32,34);1-2H3. The van der Waals surface area contributed by atoms with E-state index < -0.39 is 5.91 Å². The van der Waals surface area contributed by atoms with Gasteiger partial charge < -0.3 is 21.9 Å². The fourth-order valence-corrected chi connectivity index (χ4v) is 4.40. The lowest BCUT2D eigenvalue weighted by atomic mass is 9.83. The molecule has 1 aliphatic carbocycles. The van der Waals surface area contributed by atoms with Gasteiger partial charge in [-0.15, -0.1) is 0 Å². The first-order valence-corrected chi connectivity index (χ1v) is 13.1. The number of rotatable bonds is 9. The summed E-state index contributed by atoms with van der Waals surface area (Å²) in [7, 11) is 1.42. The van der Waals surface area contributed by atoms with Gasteiger partial charge in [0.05, 0.1) is 7.11 Å². The molecule has 0 saturated carbocycles. The number of unbranched alkanes of at least 4 members (excludes halogenated alkanes) is 1. The molecule has 7 N–H and O–H groups in total. The number of nitrogens with one attached hydrogen (secondary N) is 1. The third-order valence-electron chi connectivity index (χ3n) is 6.05. The number of nitrogens with zero attached hydrogens (tertiary/aromatic N) is 3. The second kappa shape index (κ2) is 15.0. The maximum atomic E-state index is 12.3. The first-order valence-electron chi connectivity index (χ1n) is 12.7. The number of ether oxygens (including phenoxy) is 1. The lowest BCUT2D eigenvalue weighted by molar-refractivity contribution is -0.140. The predicted molar refractivity (Wildman–Crippen MR) is 148 cm³/mol. The number of carbonyl (C=O) groups is 2. The van der Waals surface area contributed by atoms with Crippen LogP contribution in [0.15, 0.2) is 17.1 Å². The summed E-state index contributed by atoms with van der Waals surface area (Å²) in [5, 5.41) is 2.33. The Bertz CT molecular complexity index is 1120. The quantitative estimate of drug-likeness (QED) is 0.165. The smallest absolute Gasteiger partial charge is 0.305 e. The molecule has 1 aromatic heterocycles. The number of amides is 1. The molecule has 0 unspecified atom stereocenters. The van der Waals surface area contributed by atoms with Crippen LogP contribution < -0.4 is 22.5 Å². The number of nitrogens with two attached hydrogens (primary N) is 3. The topological polar surface area (TPSA) is 172 Å². The van der Waals surface area contributed by atoms with E-state index in [1.54, 1.807) is 0 Å². The van der Waals surface area contributed by atoms with E-state index in [2.05, 4.69) is 32.4 Å². The zero-order valence-corrected chi connectivity index (χ0v) is 22.7. The van der Waals surface area contributed by atoms with Gasteiger partial charge in [-0.25, -0.2) is 9.97 Å². The van der Waals surface area contributed by atoms with Gasteiger partial charge in [0.15, 0.2) is 28.4 Å². The molecule has 2 aromatic rings. The van der Waals surface area contributed by atoms with Crippen LogP contribution in [0.25, 0.3) is 0 Å². The van der Waals surface area contributed by atoms with Crippen LogP contribution >= 0.6 is 11.6 Å². The highest BCUT2D eigenvalue weighted by atomic mass is 35.5. The molecular formula is C26H38ClN7O3. The number of hydrogen-bond donors (Lipinski definition) is 4. The van der Waals surface area contributed by atoms with Gasteiger partial charge in [0, 0.05) is 13.0 Å². The number of anilines is 2. The summed E-state index contributed by atoms with van der Waals surface area (Å²) in [6, 6.07) is 4.35. The van der Waals surface area contributed by atoms with Crippen LogP contribution in [0.3, 0.4) is 0 Å². The van der Waals surface area contributed by atoms with Crippen LogP contribution in [0.1, 0.15) is 78.7 Å². The van der Waals surface area contributed by atoms with Crippen LogP contribution in [0.2, 0.25) is 5.15 Å². The van der Waals surface area contributed by atoms with Crippen LogP contribution in [-0.4, -0.2) is 41.5 Å². The number of esters is 1. The molecule has 0 spiro atoms. The van der Waals surface area contributed by atoms with Crippen molar-refractivity contribution in [3.63, 3.8) is 0 Å². The number of hydrogen-bond acceptors (Lipinski definition) is 8. The van der Waals surface area contributed by atoms with Crippen molar-refractivity contribution in [1.29, 1.82) is 0 Å². The molecule has 11 heteroatoms. The molecule has 0 fully saturated rings. The molecule has 3 rings (SSSR count). The van der Waals surface area contributed by atoms with Crippen LogP contribution in [0, 0.1) is 0 Å². The molecule has 0 radical (unpaired) electrons. The first-order chi connectivity index (χ1) is 17.8. The van der Waals surface area contributed by atoms with Gasteiger partial charge in [0.2, 0.25) is 0 Å². The molecule has 1 aliphatic rings. The van der Waals surface area contributed by atoms with Crippen molar-refractivity contribution in [2.24, 2.45) is 10.7 Å². The average Bonchev–Trinajstić information content (AvgIpc) is 2.90. The Morgan fingerprint density at radius 1 is 1.03 bits per heavy atom. The Hall–Kier alpha value is -3.40. The summed E-state index contributed by atoms with van der Waals surface area (Å²) < 4.78 is 4.79. The summed E-state index contributed by atoms with van der Waals surface area (Å²) in [6.45, 7) is 4.47. The number of fused-ring (bicyclic) bond motifs is 1. The summed E-state index contributed by atoms with van der Waals surface area (Å²) in [5.74, 6) is -1.06. The van der Waals surface area contributed by atoms with Crippen LogP contribution in [0.5, 0.6) is 0 Å². The van der Waals surface area contributed by atoms with Gasteiger partial charge in [0.25, 0.3) is 5.91 Å². The van der Waals surface area contributed by atoms with Gasteiger partial charge in [-0.2, -0.15) is 0 Å². The van der Waals surface area contributed by atoms with E-state index in [9.17, 15) is 9.59 Å². The van der Waals surface area contributed by atoms with Gasteiger partial charge in [-0.05, 0) is 73.6 Å². The van der Waals surface area contributed by atoms with Gasteiger partial charge in [0.1, 0.15) is 0 Å². The molecule has 202 valence electrons. The monoisotopic (exact) mass is 531 g/mol. The maximum Gasteiger partial charge on any atom is 0.305 e. The van der Waals surface area contributed by atoms with Gasteiger partial charge >= 0.3 is 5.97 Å². The minimum Gasteiger partial charge on any atom is -0.469 e. The number of benzene rings is 1. The number of aryl methyl sites for hydroxylation is 2. The highest BCUT2D eigenvalue weighted by Gasteiger charge is 2.18. The molecule has 1 amide bonds. The van der Waals surface area contributed by atoms with Gasteiger partial charge in [-0.3, -0.25) is 19.9 Å². The van der Waals surface area contributed by atoms with Crippen LogP contribution in [0.4, 0.5) is 11.6 Å². The molecule has 37 heavy (non-hydrogen) atoms. The van der Waals surface area contributed by atoms with Crippen LogP contribution in [-0.2, 0) is 35.2 Å². The normalized spacial score (nSPS) is 12.7. The minimum atomic E-state index is -0.655. The summed E-state index contributed by atoms with van der Waals surface area (Å²) >= 11 is 5.81. The van der Waals surface area contributed by atoms with E-state index in [-0.39, 0.29) is 34.4 Å². The molecular weight excluding hydrogens is 494 g/mol. The molecule has 0 aliphatic heterocycles. The zero-order chi connectivity index (χ0) is 27.4. The Labute approximate surface area is 223 Å². The molecule has 1 aromatic carbocycles. The van der Waals surface area contributed by atoms with E-state index in [4.69, 9.17) is 33.5 Å². The Morgan fingerprint density at radius 2 is 1.65 bits per heavy atom. The Morgan fingerprint density at radius 3 is 2.27 bits per heavy atom. The second-order valence-electron chi connectivity index (χ2n) is 8.44. The van der Waals surface area contributed by atoms with Crippen molar-refractivity contribution in [2.75, 3.05) is 25.1 Å². The average molecular weight is 532 g/mol. The van der Waals surface area contributed by atoms with E-state index in [1.165, 1.54) is 42.2 Å². The Kier molecular flexibility index (Phi) is 12.1. The number of halogens is 1. The molecule has 0 saturated heterocycles. The number of aromatic nitrogens is 2. The second-order valence-corrected chi connectivity index (χ2v) is 8.79. The van der Waals surface area contributed by atoms with E-state index in [0.29, 0.717) is 13.0 Å². The summed E-state index contributed by atoms with van der Waals surface area (Å²) in [5.41, 5.74) is 22.3. The lowest BCUT2D eigenvalue weighted by Gasteiger charge is -2.23. The highest BCUT2D eigenvalue weighted by Crippen LogP contribution is 2.29. The molecule has 0 bridgehead atoms. The molecule has 10 nitrogen and oxygen atoms in total. The predicted octanol–water partition coefficient (Wildman–Crippen LogP) is 3.37. The molecule has 1 heterocycles. The number of aliphatic imine (C=N–C) groups is 1. The third kappa shape index (κ3) is 8.59. The SMILES string of the molecule is CC.COC(=O)CCc1ccc(CCCCN=C(N)NC(=O)c2nc(Cl)c(N)nc2N)c2c1CCCC2. The van der Waals surface area contributed by atoms with Crippen molar-refractivity contribution >= 4 is 41.1 Å². The number of guanidine groups is 1. The Balaban J connectivity index is 0.00000235. The van der Waals surface area contributed by atoms with Gasteiger partial charge in [-0.1, -0.05) is 37.6 Å². The number of carbonyl (C=O) groups excluding carboxylic acids is 2. The van der Waals surface area contributed by atoms with E-state index >= 15 is 0 Å². The minimum absolute atomic E-state index is 0.0310. The van der Waals surface area contributed by atoms with Crippen molar-refractivity contribution in [2.45, 2.75) is 71.6 Å². The van der Waals surface area contributed by atoms with Crippen molar-refractivity contribution in [3.05, 3.63) is 45.2 Å². The first kappa shape index (κ1) is 29.8. The van der Waals surface area contributed by atoms with E-state index in [1.807, 2.05) is 13.8 Å². The largest absolute Gasteiger partial charge is 0.469 e. The maximum absolute atomic E-state index is 12.3. The van der Waals surface area contributed by atoms with E-state index in [0.717, 1.165) is 38.5 Å². The number of nitrogen functional groups attached to an aromatic ring is 2. The third-order valence-corrected chi connectivity index (χ3v) is 6.33. The molecule has 0 atom stereocenters. The van der Waals surface area contributed by atoms with Crippen molar-refractivity contribution < 1.29 is 14.3 Å². The summed E-state index contributed by atoms with van der Waals surface area (Å²) in [6.07, 6.45) is 8.32. The fourth-order valence-electron chi connectivity index (χ4n) is 4.27. The van der Waals surface area contributed by atoms with Crippen molar-refractivity contribution in [1.82, 2.24) is 15.3 Å². The highest BCUT2D eigenvalue weighted by molar-refractivity contribution is 6.31.